The van der Waals surface area contributed by atoms with Crippen LogP contribution in [0.25, 0.3) is 0 Å². The molecular weight excluding hydrogens is 198 g/mol. The van der Waals surface area contributed by atoms with Crippen molar-refractivity contribution in [3.05, 3.63) is 0 Å². The van der Waals surface area contributed by atoms with Crippen LogP contribution in [0.15, 0.2) is 0 Å². The van der Waals surface area contributed by atoms with Gasteiger partial charge in [-0.1, -0.05) is 6.42 Å². The van der Waals surface area contributed by atoms with Gasteiger partial charge < -0.3 is 10.1 Å². The van der Waals surface area contributed by atoms with Crippen LogP contribution in [0.2, 0.25) is 0 Å². The molecule has 1 saturated carbocycles. The number of hydrogen-bond donors (Lipinski definition) is 1. The molecule has 0 aromatic rings. The zero-order valence-corrected chi connectivity index (χ0v) is 9.65. The normalized spacial score (nSPS) is 27.9. The van der Waals surface area contributed by atoms with Gasteiger partial charge in [0.05, 0.1) is 6.61 Å². The van der Waals surface area contributed by atoms with Crippen molar-refractivity contribution in [2.24, 2.45) is 11.8 Å². The minimum Gasteiger partial charge on any atom is -0.381 e. The van der Waals surface area contributed by atoms with Crippen LogP contribution < -0.4 is 5.32 Å². The summed E-state index contributed by atoms with van der Waals surface area (Å²) in [5.41, 5.74) is 0. The van der Waals surface area contributed by atoms with Crippen molar-refractivity contribution in [1.29, 1.82) is 0 Å². The standard InChI is InChI=1S/C11H21NO.ClH/c1-3-10(4-1)8-13-9-11-5-2-6-12-7-11;/h10-12H,1-9H2;1H. The molecule has 0 amide bonds. The fraction of sp³-hybridized carbons (Fsp3) is 1.00. The monoisotopic (exact) mass is 219 g/mol. The Hall–Kier alpha value is 0.210. The largest absolute Gasteiger partial charge is 0.381 e. The van der Waals surface area contributed by atoms with E-state index in [1.54, 1.807) is 0 Å². The second-order valence-corrected chi connectivity index (χ2v) is 4.55. The second-order valence-electron chi connectivity index (χ2n) is 4.55. The predicted octanol–water partition coefficient (Wildman–Crippen LogP) is 2.22. The van der Waals surface area contributed by atoms with Crippen molar-refractivity contribution >= 4 is 12.4 Å². The van der Waals surface area contributed by atoms with Crippen LogP contribution in [0.1, 0.15) is 32.1 Å². The van der Waals surface area contributed by atoms with Crippen molar-refractivity contribution < 1.29 is 4.74 Å². The molecule has 2 nitrogen and oxygen atoms in total. The molecule has 1 aliphatic heterocycles. The van der Waals surface area contributed by atoms with Crippen LogP contribution in [0.5, 0.6) is 0 Å². The molecule has 1 heterocycles. The van der Waals surface area contributed by atoms with Crippen molar-refractivity contribution in [3.8, 4) is 0 Å². The summed E-state index contributed by atoms with van der Waals surface area (Å²) < 4.78 is 5.74. The van der Waals surface area contributed by atoms with Crippen LogP contribution in [0.3, 0.4) is 0 Å². The quantitative estimate of drug-likeness (QED) is 0.783. The number of ether oxygens (including phenoxy) is 1. The minimum absolute atomic E-state index is 0. The summed E-state index contributed by atoms with van der Waals surface area (Å²) in [6, 6.07) is 0. The van der Waals surface area contributed by atoms with E-state index < -0.39 is 0 Å². The van der Waals surface area contributed by atoms with Gasteiger partial charge in [0.15, 0.2) is 0 Å². The molecule has 0 bridgehead atoms. The third kappa shape index (κ3) is 3.76. The summed E-state index contributed by atoms with van der Waals surface area (Å²) in [4.78, 5) is 0. The van der Waals surface area contributed by atoms with Gasteiger partial charge in [0.25, 0.3) is 0 Å². The van der Waals surface area contributed by atoms with Gasteiger partial charge in [-0.15, -0.1) is 12.4 Å². The average molecular weight is 220 g/mol. The first kappa shape index (κ1) is 12.3. The SMILES string of the molecule is C1CC(COCC2CCCNC2)C1.Cl. The zero-order valence-electron chi connectivity index (χ0n) is 8.84. The van der Waals surface area contributed by atoms with Gasteiger partial charge in [-0.3, -0.25) is 0 Å². The van der Waals surface area contributed by atoms with E-state index in [-0.39, 0.29) is 12.4 Å². The maximum Gasteiger partial charge on any atom is 0.0506 e. The number of nitrogens with one attached hydrogen (secondary N) is 1. The van der Waals surface area contributed by atoms with E-state index in [0.29, 0.717) is 0 Å². The number of hydrogen-bond acceptors (Lipinski definition) is 2. The van der Waals surface area contributed by atoms with Gasteiger partial charge in [-0.05, 0) is 44.1 Å². The van der Waals surface area contributed by atoms with Crippen LogP contribution in [0.4, 0.5) is 0 Å². The summed E-state index contributed by atoms with van der Waals surface area (Å²) in [5, 5.41) is 3.42. The van der Waals surface area contributed by atoms with Gasteiger partial charge in [-0.2, -0.15) is 0 Å². The Kier molecular flexibility index (Phi) is 5.83. The van der Waals surface area contributed by atoms with E-state index >= 15 is 0 Å². The van der Waals surface area contributed by atoms with Crippen LogP contribution in [-0.2, 0) is 4.74 Å². The molecule has 0 aromatic carbocycles. The van der Waals surface area contributed by atoms with Crippen LogP contribution in [0, 0.1) is 11.8 Å². The highest BCUT2D eigenvalue weighted by molar-refractivity contribution is 5.85. The van der Waals surface area contributed by atoms with E-state index in [2.05, 4.69) is 5.32 Å². The average Bonchev–Trinajstić information content (AvgIpc) is 2.11. The minimum atomic E-state index is 0. The summed E-state index contributed by atoms with van der Waals surface area (Å²) in [6.45, 7) is 4.39. The molecule has 1 atom stereocenters. The molecule has 2 rings (SSSR count). The lowest BCUT2D eigenvalue weighted by atomic mass is 9.86. The van der Waals surface area contributed by atoms with E-state index in [4.69, 9.17) is 4.74 Å². The van der Waals surface area contributed by atoms with Crippen LogP contribution in [-0.4, -0.2) is 26.3 Å². The van der Waals surface area contributed by atoms with Crippen molar-refractivity contribution in [1.82, 2.24) is 5.32 Å². The van der Waals surface area contributed by atoms with Gasteiger partial charge in [0.2, 0.25) is 0 Å². The molecule has 1 unspecified atom stereocenters. The zero-order chi connectivity index (χ0) is 8.93. The third-order valence-corrected chi connectivity index (χ3v) is 3.33. The van der Waals surface area contributed by atoms with E-state index in [0.717, 1.165) is 25.0 Å². The highest BCUT2D eigenvalue weighted by Crippen LogP contribution is 2.26. The van der Waals surface area contributed by atoms with E-state index in [1.165, 1.54) is 45.2 Å². The lowest BCUT2D eigenvalue weighted by Gasteiger charge is -2.27. The first-order valence-corrected chi connectivity index (χ1v) is 5.73. The molecule has 0 aromatic heterocycles. The highest BCUT2D eigenvalue weighted by atomic mass is 35.5. The Morgan fingerprint density at radius 2 is 1.71 bits per heavy atom. The van der Waals surface area contributed by atoms with Crippen molar-refractivity contribution in [3.63, 3.8) is 0 Å². The third-order valence-electron chi connectivity index (χ3n) is 3.33. The van der Waals surface area contributed by atoms with Crippen molar-refractivity contribution in [2.45, 2.75) is 32.1 Å². The summed E-state index contributed by atoms with van der Waals surface area (Å²) >= 11 is 0. The lowest BCUT2D eigenvalue weighted by molar-refractivity contribution is 0.0427. The summed E-state index contributed by atoms with van der Waals surface area (Å²) in [7, 11) is 0. The smallest absolute Gasteiger partial charge is 0.0506 e. The Bertz CT molecular complexity index is 144. The molecule has 14 heavy (non-hydrogen) atoms. The van der Waals surface area contributed by atoms with Crippen LogP contribution >= 0.6 is 12.4 Å². The fourth-order valence-corrected chi connectivity index (χ4v) is 2.13. The Balaban J connectivity index is 0.000000980. The van der Waals surface area contributed by atoms with E-state index in [9.17, 15) is 0 Å². The molecule has 1 saturated heterocycles. The number of halogens is 1. The van der Waals surface area contributed by atoms with Gasteiger partial charge in [0, 0.05) is 13.2 Å². The summed E-state index contributed by atoms with van der Waals surface area (Å²) in [6.07, 6.45) is 6.93. The van der Waals surface area contributed by atoms with Gasteiger partial charge in [-0.25, -0.2) is 0 Å². The molecule has 3 heteroatoms. The Labute approximate surface area is 93.2 Å². The first-order chi connectivity index (χ1) is 6.45. The number of rotatable bonds is 4. The van der Waals surface area contributed by atoms with Gasteiger partial charge >= 0.3 is 0 Å². The van der Waals surface area contributed by atoms with E-state index in [1.807, 2.05) is 0 Å². The molecular formula is C11H22ClNO. The Morgan fingerprint density at radius 3 is 2.29 bits per heavy atom. The molecule has 84 valence electrons. The molecule has 1 N–H and O–H groups in total. The molecule has 1 aliphatic carbocycles. The molecule has 2 aliphatic rings. The summed E-state index contributed by atoms with van der Waals surface area (Å²) in [5.74, 6) is 1.69. The first-order valence-electron chi connectivity index (χ1n) is 5.73. The number of piperidine rings is 1. The van der Waals surface area contributed by atoms with Gasteiger partial charge in [0.1, 0.15) is 0 Å². The maximum absolute atomic E-state index is 5.74. The maximum atomic E-state index is 5.74. The Morgan fingerprint density at radius 1 is 1.00 bits per heavy atom. The highest BCUT2D eigenvalue weighted by Gasteiger charge is 2.18. The predicted molar refractivity (Wildman–Crippen MR) is 61.0 cm³/mol. The van der Waals surface area contributed by atoms with Crippen molar-refractivity contribution in [2.75, 3.05) is 26.3 Å². The fourth-order valence-electron chi connectivity index (χ4n) is 2.13. The lowest BCUT2D eigenvalue weighted by Crippen LogP contribution is -2.33. The molecule has 0 spiro atoms. The molecule has 0 radical (unpaired) electrons. The second kappa shape index (κ2) is 6.65. The topological polar surface area (TPSA) is 21.3 Å². The molecule has 2 fully saturated rings.